The molecule has 0 aromatic heterocycles. The first-order valence-electron chi connectivity index (χ1n) is 5.20. The van der Waals surface area contributed by atoms with Gasteiger partial charge in [-0.05, 0) is 0 Å². The predicted octanol–water partition coefficient (Wildman–Crippen LogP) is 2.61. The Bertz CT molecular complexity index is 468. The number of hydrogen-bond acceptors (Lipinski definition) is 4. The third-order valence-electron chi connectivity index (χ3n) is 2.06. The van der Waals surface area contributed by atoms with E-state index in [1.54, 1.807) is 0 Å². The maximum atomic E-state index is 12.5. The summed E-state index contributed by atoms with van der Waals surface area (Å²) in [5.74, 6) is -0.680. The molecule has 19 heavy (non-hydrogen) atoms. The van der Waals surface area contributed by atoms with Crippen LogP contribution >= 0.6 is 0 Å². The number of ether oxygens (including phenoxy) is 3. The summed E-state index contributed by atoms with van der Waals surface area (Å²) < 4.78 is 37.4. The molecule has 0 aliphatic carbocycles. The molecule has 1 aromatic carbocycles. The minimum Gasteiger partial charge on any atom is -0.460 e. The van der Waals surface area contributed by atoms with Crippen LogP contribution in [-0.4, -0.2) is 32.6 Å². The van der Waals surface area contributed by atoms with Gasteiger partial charge in [-0.2, -0.15) is 0 Å². The van der Waals surface area contributed by atoms with Crippen LogP contribution in [0.25, 0.3) is 4.85 Å². The van der Waals surface area contributed by atoms with Gasteiger partial charge in [0.25, 0.3) is 0 Å². The smallest absolute Gasteiger partial charge is 0.460 e. The quantitative estimate of drug-likeness (QED) is 0.345. The molecule has 1 aromatic rings. The fourth-order valence-electron chi connectivity index (χ4n) is 1.11. The highest BCUT2D eigenvalue weighted by molar-refractivity contribution is 5.89. The van der Waals surface area contributed by atoms with Crippen molar-refractivity contribution in [1.82, 2.24) is 0 Å². The zero-order valence-corrected chi connectivity index (χ0v) is 10.1. The third kappa shape index (κ3) is 4.99. The summed E-state index contributed by atoms with van der Waals surface area (Å²) in [6.07, 6.45) is -3.69. The normalized spacial score (nSPS) is 10.8. The van der Waals surface area contributed by atoms with Crippen molar-refractivity contribution in [2.75, 3.05) is 20.3 Å². The Kier molecular flexibility index (Phi) is 5.36. The van der Waals surface area contributed by atoms with Crippen molar-refractivity contribution in [2.45, 2.75) is 6.29 Å². The van der Waals surface area contributed by atoms with Gasteiger partial charge in [0, 0.05) is 7.11 Å². The van der Waals surface area contributed by atoms with E-state index in [2.05, 4.69) is 14.3 Å². The highest BCUT2D eigenvalue weighted by atomic mass is 19.3. The molecular formula is C12H11F2NO4. The summed E-state index contributed by atoms with van der Waals surface area (Å²) in [4.78, 5) is 14.6. The summed E-state index contributed by atoms with van der Waals surface area (Å²) in [5, 5.41) is 0. The molecule has 0 aliphatic rings. The Balaban J connectivity index is 2.37. The SMILES string of the molecule is [C-]#[N+]c1ccc(C(=O)OCCOC(F)(F)OC)cc1. The lowest BCUT2D eigenvalue weighted by atomic mass is 10.2. The van der Waals surface area contributed by atoms with Gasteiger partial charge in [0.15, 0.2) is 5.69 Å². The lowest BCUT2D eigenvalue weighted by Gasteiger charge is -2.13. The van der Waals surface area contributed by atoms with Gasteiger partial charge in [0.2, 0.25) is 0 Å². The predicted molar refractivity (Wildman–Crippen MR) is 60.9 cm³/mol. The van der Waals surface area contributed by atoms with Crippen LogP contribution < -0.4 is 0 Å². The Morgan fingerprint density at radius 1 is 1.32 bits per heavy atom. The van der Waals surface area contributed by atoms with Gasteiger partial charge in [0.05, 0.1) is 18.7 Å². The Morgan fingerprint density at radius 2 is 1.95 bits per heavy atom. The molecule has 0 spiro atoms. The summed E-state index contributed by atoms with van der Waals surface area (Å²) in [7, 11) is 0.797. The monoisotopic (exact) mass is 271 g/mol. The maximum absolute atomic E-state index is 12.5. The molecule has 0 saturated heterocycles. The first-order valence-corrected chi connectivity index (χ1v) is 5.20. The van der Waals surface area contributed by atoms with Crippen LogP contribution in [0.5, 0.6) is 0 Å². The van der Waals surface area contributed by atoms with Crippen LogP contribution in [0.2, 0.25) is 0 Å². The van der Waals surface area contributed by atoms with Gasteiger partial charge in [0.1, 0.15) is 6.61 Å². The van der Waals surface area contributed by atoms with E-state index in [4.69, 9.17) is 11.3 Å². The summed E-state index contributed by atoms with van der Waals surface area (Å²) in [5.41, 5.74) is 0.616. The van der Waals surface area contributed by atoms with E-state index in [9.17, 15) is 13.6 Å². The molecule has 1 rings (SSSR count). The molecule has 0 bridgehead atoms. The average molecular weight is 271 g/mol. The number of benzene rings is 1. The van der Waals surface area contributed by atoms with Gasteiger partial charge in [-0.15, -0.1) is 8.78 Å². The van der Waals surface area contributed by atoms with Crippen LogP contribution in [-0.2, 0) is 14.2 Å². The molecule has 102 valence electrons. The first-order chi connectivity index (χ1) is 8.98. The van der Waals surface area contributed by atoms with Gasteiger partial charge in [-0.25, -0.2) is 9.64 Å². The zero-order valence-electron chi connectivity index (χ0n) is 10.1. The lowest BCUT2D eigenvalue weighted by Crippen LogP contribution is -2.25. The largest absolute Gasteiger partial charge is 0.485 e. The summed E-state index contributed by atoms with van der Waals surface area (Å²) in [6, 6.07) is 5.75. The number of carbonyl (C=O) groups is 1. The molecule has 0 fully saturated rings. The molecule has 0 N–H and O–H groups in total. The highest BCUT2D eigenvalue weighted by Gasteiger charge is 2.29. The lowest BCUT2D eigenvalue weighted by molar-refractivity contribution is -0.384. The topological polar surface area (TPSA) is 49.1 Å². The van der Waals surface area contributed by atoms with E-state index in [1.165, 1.54) is 24.3 Å². The number of nitrogens with zero attached hydrogens (tertiary/aromatic N) is 1. The molecule has 7 heteroatoms. The Morgan fingerprint density at radius 3 is 2.47 bits per heavy atom. The molecule has 0 amide bonds. The standard InChI is InChI=1S/C12H11F2NO4/c1-15-10-5-3-9(4-6-10)11(16)18-7-8-19-12(13,14)17-2/h3-6H,7-8H2,2H3. The number of rotatable bonds is 6. The number of esters is 1. The summed E-state index contributed by atoms with van der Waals surface area (Å²) in [6.45, 7) is 5.92. The van der Waals surface area contributed by atoms with Gasteiger partial charge in [-0.1, -0.05) is 24.3 Å². The number of alkyl halides is 2. The van der Waals surface area contributed by atoms with Crippen LogP contribution in [0.3, 0.4) is 0 Å². The molecule has 0 radical (unpaired) electrons. The first kappa shape index (κ1) is 15.0. The van der Waals surface area contributed by atoms with Gasteiger partial charge < -0.3 is 4.74 Å². The van der Waals surface area contributed by atoms with Crippen LogP contribution in [0.1, 0.15) is 10.4 Å². The van der Waals surface area contributed by atoms with Crippen molar-refractivity contribution < 1.29 is 27.8 Å². The number of carbonyl (C=O) groups excluding carboxylic acids is 1. The molecule has 0 atom stereocenters. The second-order valence-electron chi connectivity index (χ2n) is 3.31. The van der Waals surface area contributed by atoms with E-state index in [1.807, 2.05) is 0 Å². The second kappa shape index (κ2) is 6.78. The molecule has 0 heterocycles. The van der Waals surface area contributed by atoms with Crippen molar-refractivity contribution in [3.05, 3.63) is 41.2 Å². The molecule has 5 nitrogen and oxygen atoms in total. The minimum absolute atomic E-state index is 0.228. The number of halogens is 2. The van der Waals surface area contributed by atoms with Gasteiger partial charge in [-0.3, -0.25) is 9.47 Å². The van der Waals surface area contributed by atoms with Crippen LogP contribution in [0.15, 0.2) is 24.3 Å². The third-order valence-corrected chi connectivity index (χ3v) is 2.06. The average Bonchev–Trinajstić information content (AvgIpc) is 2.43. The molecule has 0 aliphatic heterocycles. The van der Waals surface area contributed by atoms with Crippen molar-refractivity contribution in [3.63, 3.8) is 0 Å². The van der Waals surface area contributed by atoms with Crippen LogP contribution in [0, 0.1) is 6.57 Å². The zero-order chi connectivity index (χ0) is 14.3. The molecule has 0 saturated carbocycles. The van der Waals surface area contributed by atoms with E-state index in [0.717, 1.165) is 7.11 Å². The van der Waals surface area contributed by atoms with Gasteiger partial charge >= 0.3 is 12.3 Å². The van der Waals surface area contributed by atoms with E-state index < -0.39 is 18.9 Å². The number of methoxy groups -OCH3 is 1. The minimum atomic E-state index is -3.69. The highest BCUT2D eigenvalue weighted by Crippen LogP contribution is 2.15. The van der Waals surface area contributed by atoms with E-state index in [-0.39, 0.29) is 12.2 Å². The van der Waals surface area contributed by atoms with Crippen LogP contribution in [0.4, 0.5) is 14.5 Å². The number of hydrogen-bond donors (Lipinski definition) is 0. The Labute approximate surface area is 108 Å². The van der Waals surface area contributed by atoms with E-state index >= 15 is 0 Å². The molecular weight excluding hydrogens is 260 g/mol. The van der Waals surface area contributed by atoms with E-state index in [0.29, 0.717) is 5.69 Å². The fraction of sp³-hybridized carbons (Fsp3) is 0.333. The fourth-order valence-corrected chi connectivity index (χ4v) is 1.11. The van der Waals surface area contributed by atoms with Crippen molar-refractivity contribution in [2.24, 2.45) is 0 Å². The van der Waals surface area contributed by atoms with Crippen molar-refractivity contribution in [1.29, 1.82) is 0 Å². The summed E-state index contributed by atoms with van der Waals surface area (Å²) >= 11 is 0. The Hall–Kier alpha value is -2.04. The molecule has 0 unspecified atom stereocenters. The van der Waals surface area contributed by atoms with Crippen molar-refractivity contribution >= 4 is 11.7 Å². The van der Waals surface area contributed by atoms with Crippen molar-refractivity contribution in [3.8, 4) is 0 Å². The maximum Gasteiger partial charge on any atom is 0.485 e. The second-order valence-corrected chi connectivity index (χ2v) is 3.31.